The van der Waals surface area contributed by atoms with Crippen molar-refractivity contribution in [3.8, 4) is 5.75 Å². The van der Waals surface area contributed by atoms with E-state index in [9.17, 15) is 4.79 Å². The first-order valence-corrected chi connectivity index (χ1v) is 5.79. The average Bonchev–Trinajstić information content (AvgIpc) is 2.26. The molecule has 1 heterocycles. The molecule has 1 aliphatic rings. The van der Waals surface area contributed by atoms with Crippen molar-refractivity contribution in [2.24, 2.45) is 0 Å². The number of ether oxygens (including phenoxy) is 1. The fourth-order valence-corrected chi connectivity index (χ4v) is 2.04. The molecule has 0 bridgehead atoms. The number of hydrogen-bond donors (Lipinski definition) is 0. The van der Waals surface area contributed by atoms with Gasteiger partial charge < -0.3 is 9.53 Å². The summed E-state index contributed by atoms with van der Waals surface area (Å²) in [5.41, 5.74) is 2.24. The summed E-state index contributed by atoms with van der Waals surface area (Å²) in [4.78, 5) is 10.7. The van der Waals surface area contributed by atoms with Crippen LogP contribution in [0.1, 0.15) is 44.2 Å². The maximum absolute atomic E-state index is 10.7. The molecule has 1 aliphatic heterocycles. The van der Waals surface area contributed by atoms with Gasteiger partial charge in [-0.05, 0) is 43.9 Å². The van der Waals surface area contributed by atoms with Crippen molar-refractivity contribution < 1.29 is 9.53 Å². The Morgan fingerprint density at radius 1 is 1.44 bits per heavy atom. The minimum atomic E-state index is -0.0647. The van der Waals surface area contributed by atoms with Crippen LogP contribution in [0.2, 0.25) is 0 Å². The highest BCUT2D eigenvalue weighted by Crippen LogP contribution is 2.34. The summed E-state index contributed by atoms with van der Waals surface area (Å²) in [5.74, 6) is 0.943. The highest BCUT2D eigenvalue weighted by Gasteiger charge is 2.26. The molecule has 2 rings (SSSR count). The molecule has 0 N–H and O–H groups in total. The summed E-state index contributed by atoms with van der Waals surface area (Å²) in [6.07, 6.45) is 3.04. The Morgan fingerprint density at radius 3 is 2.88 bits per heavy atom. The third kappa shape index (κ3) is 2.11. The maximum Gasteiger partial charge on any atom is 0.127 e. The Morgan fingerprint density at radius 2 is 2.19 bits per heavy atom. The third-order valence-corrected chi connectivity index (χ3v) is 3.20. The van der Waals surface area contributed by atoms with Gasteiger partial charge in [0.1, 0.15) is 17.6 Å². The average molecular weight is 218 g/mol. The summed E-state index contributed by atoms with van der Waals surface area (Å²) >= 11 is 0. The van der Waals surface area contributed by atoms with Gasteiger partial charge in [-0.2, -0.15) is 0 Å². The summed E-state index contributed by atoms with van der Waals surface area (Å²) < 4.78 is 5.90. The Bertz CT molecular complexity index is 407. The first-order valence-electron chi connectivity index (χ1n) is 5.79. The van der Waals surface area contributed by atoms with E-state index in [4.69, 9.17) is 4.74 Å². The van der Waals surface area contributed by atoms with Gasteiger partial charge in [0.25, 0.3) is 0 Å². The van der Waals surface area contributed by atoms with E-state index in [1.54, 1.807) is 0 Å². The number of fused-ring (bicyclic) bond motifs is 1. The van der Waals surface area contributed by atoms with Crippen molar-refractivity contribution in [2.75, 3.05) is 0 Å². The first kappa shape index (κ1) is 11.2. The van der Waals surface area contributed by atoms with Crippen molar-refractivity contribution in [1.29, 1.82) is 0 Å². The topological polar surface area (TPSA) is 26.3 Å². The van der Waals surface area contributed by atoms with E-state index in [1.165, 1.54) is 5.56 Å². The van der Waals surface area contributed by atoms with Crippen LogP contribution in [0.3, 0.4) is 0 Å². The smallest absolute Gasteiger partial charge is 0.127 e. The van der Waals surface area contributed by atoms with Crippen LogP contribution in [0.15, 0.2) is 18.2 Å². The van der Waals surface area contributed by atoms with Crippen LogP contribution in [0, 0.1) is 0 Å². The second kappa shape index (κ2) is 3.93. The molecule has 0 aromatic heterocycles. The second-order valence-corrected chi connectivity index (χ2v) is 5.15. The molecule has 0 saturated heterocycles. The quantitative estimate of drug-likeness (QED) is 0.713. The zero-order chi connectivity index (χ0) is 11.8. The van der Waals surface area contributed by atoms with Crippen molar-refractivity contribution in [2.45, 2.75) is 45.1 Å². The van der Waals surface area contributed by atoms with E-state index in [0.717, 1.165) is 30.4 Å². The molecule has 1 unspecified atom stereocenters. The minimum Gasteiger partial charge on any atom is -0.488 e. The number of carbonyl (C=O) groups is 1. The molecular formula is C14H18O2. The Balaban J connectivity index is 2.31. The summed E-state index contributed by atoms with van der Waals surface area (Å²) in [6.45, 7) is 6.14. The van der Waals surface area contributed by atoms with Crippen LogP contribution in [0.4, 0.5) is 0 Å². The molecule has 1 atom stereocenters. The van der Waals surface area contributed by atoms with Crippen molar-refractivity contribution >= 4 is 6.29 Å². The molecule has 0 saturated carbocycles. The Hall–Kier alpha value is -1.31. The molecule has 1 aromatic rings. The van der Waals surface area contributed by atoms with Crippen LogP contribution in [0.25, 0.3) is 0 Å². The number of benzene rings is 1. The highest BCUT2D eigenvalue weighted by atomic mass is 16.5. The first-order chi connectivity index (χ1) is 7.52. The van der Waals surface area contributed by atoms with Crippen molar-refractivity contribution in [3.05, 3.63) is 29.3 Å². The van der Waals surface area contributed by atoms with Gasteiger partial charge in [0.15, 0.2) is 0 Å². The lowest BCUT2D eigenvalue weighted by Gasteiger charge is -2.32. The predicted molar refractivity (Wildman–Crippen MR) is 63.9 cm³/mol. The van der Waals surface area contributed by atoms with Crippen LogP contribution < -0.4 is 4.74 Å². The van der Waals surface area contributed by atoms with E-state index in [1.807, 2.05) is 19.1 Å². The Kier molecular flexibility index (Phi) is 2.75. The number of aryl methyl sites for hydroxylation is 1. The lowest BCUT2D eigenvalue weighted by atomic mass is 9.91. The predicted octanol–water partition coefficient (Wildman–Crippen LogP) is 3.09. The van der Waals surface area contributed by atoms with Crippen LogP contribution in [-0.4, -0.2) is 11.9 Å². The van der Waals surface area contributed by atoms with Crippen molar-refractivity contribution in [3.63, 3.8) is 0 Å². The summed E-state index contributed by atoms with van der Waals surface area (Å²) in [7, 11) is 0. The zero-order valence-electron chi connectivity index (χ0n) is 10.1. The summed E-state index contributed by atoms with van der Waals surface area (Å²) in [6, 6.07) is 6.08. The molecule has 0 fully saturated rings. The Labute approximate surface area is 96.6 Å². The van der Waals surface area contributed by atoms with Gasteiger partial charge in [-0.25, -0.2) is 0 Å². The highest BCUT2D eigenvalue weighted by molar-refractivity contribution is 5.62. The molecule has 0 amide bonds. The second-order valence-electron chi connectivity index (χ2n) is 5.15. The number of rotatable bonds is 2. The monoisotopic (exact) mass is 218 g/mol. The van der Waals surface area contributed by atoms with Gasteiger partial charge in [0.2, 0.25) is 0 Å². The molecule has 86 valence electrons. The maximum atomic E-state index is 10.7. The molecule has 1 aromatic carbocycles. The number of aldehydes is 1. The van der Waals surface area contributed by atoms with E-state index < -0.39 is 0 Å². The van der Waals surface area contributed by atoms with Gasteiger partial charge in [0, 0.05) is 5.92 Å². The molecule has 16 heavy (non-hydrogen) atoms. The lowest BCUT2D eigenvalue weighted by Crippen LogP contribution is -2.32. The van der Waals surface area contributed by atoms with Gasteiger partial charge in [-0.1, -0.05) is 19.1 Å². The molecule has 0 aliphatic carbocycles. The molecule has 0 radical (unpaired) electrons. The zero-order valence-corrected chi connectivity index (χ0v) is 10.1. The van der Waals surface area contributed by atoms with Gasteiger partial charge >= 0.3 is 0 Å². The van der Waals surface area contributed by atoms with E-state index in [2.05, 4.69) is 19.9 Å². The van der Waals surface area contributed by atoms with Crippen LogP contribution in [-0.2, 0) is 11.2 Å². The largest absolute Gasteiger partial charge is 0.488 e. The van der Waals surface area contributed by atoms with Gasteiger partial charge in [-0.3, -0.25) is 0 Å². The summed E-state index contributed by atoms with van der Waals surface area (Å²) in [5, 5.41) is 0. The van der Waals surface area contributed by atoms with E-state index in [-0.39, 0.29) is 11.5 Å². The van der Waals surface area contributed by atoms with E-state index in [0.29, 0.717) is 0 Å². The van der Waals surface area contributed by atoms with Crippen molar-refractivity contribution in [1.82, 2.24) is 0 Å². The molecule has 2 heteroatoms. The fourth-order valence-electron chi connectivity index (χ4n) is 2.04. The third-order valence-electron chi connectivity index (χ3n) is 3.20. The minimum absolute atomic E-state index is 0.0276. The van der Waals surface area contributed by atoms with E-state index >= 15 is 0 Å². The van der Waals surface area contributed by atoms with Crippen LogP contribution >= 0.6 is 0 Å². The molecular weight excluding hydrogens is 200 g/mol. The standard InChI is InChI=1S/C14H18O2/c1-10(9-15)11-4-5-13-12(8-11)6-7-14(2,3)16-13/h4-5,8-10H,6-7H2,1-3H3. The fraction of sp³-hybridized carbons (Fsp3) is 0.500. The molecule has 2 nitrogen and oxygen atoms in total. The number of hydrogen-bond acceptors (Lipinski definition) is 2. The SMILES string of the molecule is CC(C=O)c1ccc2c(c1)CCC(C)(C)O2. The van der Waals surface area contributed by atoms with Gasteiger partial charge in [0.05, 0.1) is 0 Å². The van der Waals surface area contributed by atoms with Gasteiger partial charge in [-0.15, -0.1) is 0 Å². The van der Waals surface area contributed by atoms with Crippen LogP contribution in [0.5, 0.6) is 5.75 Å². The normalized spacial score (nSPS) is 19.4. The molecule has 0 spiro atoms. The lowest BCUT2D eigenvalue weighted by molar-refractivity contribution is -0.108. The number of carbonyl (C=O) groups excluding carboxylic acids is 1.